The lowest BCUT2D eigenvalue weighted by molar-refractivity contribution is -0.154. The number of fused-ring (bicyclic) bond motifs is 1. The van der Waals surface area contributed by atoms with Crippen LogP contribution in [0.5, 0.6) is 0 Å². The molecule has 4 rings (SSSR count). The van der Waals surface area contributed by atoms with Crippen LogP contribution in [-0.2, 0) is 19.1 Å². The third-order valence-electron chi connectivity index (χ3n) is 9.00. The van der Waals surface area contributed by atoms with Gasteiger partial charge in [0, 0.05) is 17.8 Å². The van der Waals surface area contributed by atoms with Crippen molar-refractivity contribution in [2.24, 2.45) is 17.8 Å². The van der Waals surface area contributed by atoms with E-state index >= 15 is 0 Å². The first kappa shape index (κ1) is 26.5. The fourth-order valence-electron chi connectivity index (χ4n) is 7.16. The number of amides is 2. The van der Waals surface area contributed by atoms with Crippen molar-refractivity contribution in [3.8, 4) is 0 Å². The Labute approximate surface area is 214 Å². The zero-order chi connectivity index (χ0) is 25.3. The van der Waals surface area contributed by atoms with Gasteiger partial charge in [-0.2, -0.15) is 0 Å². The first-order valence-corrected chi connectivity index (χ1v) is 14.4. The van der Waals surface area contributed by atoms with E-state index < -0.39 is 28.7 Å². The van der Waals surface area contributed by atoms with Crippen molar-refractivity contribution < 1.29 is 24.2 Å². The molecule has 1 aliphatic carbocycles. The van der Waals surface area contributed by atoms with Crippen LogP contribution in [0.15, 0.2) is 12.7 Å². The summed E-state index contributed by atoms with van der Waals surface area (Å²) in [5.74, 6) is -1.59. The highest BCUT2D eigenvalue weighted by Crippen LogP contribution is 2.67. The average Bonchev–Trinajstić information content (AvgIpc) is 3.51. The number of nitrogens with zero attached hydrogens (tertiary/aromatic N) is 2. The van der Waals surface area contributed by atoms with Crippen molar-refractivity contribution in [3.05, 3.63) is 12.7 Å². The van der Waals surface area contributed by atoms with Crippen LogP contribution >= 0.6 is 11.8 Å². The van der Waals surface area contributed by atoms with Crippen molar-refractivity contribution in [1.82, 2.24) is 9.80 Å². The molecule has 196 valence electrons. The molecule has 0 aromatic heterocycles. The molecule has 4 aliphatic rings. The molecule has 1 N–H and O–H groups in total. The molecule has 0 radical (unpaired) electrons. The van der Waals surface area contributed by atoms with Gasteiger partial charge in [-0.15, -0.1) is 18.3 Å². The summed E-state index contributed by atoms with van der Waals surface area (Å²) in [4.78, 5) is 45.4. The number of hydrogen-bond acceptors (Lipinski definition) is 6. The number of aliphatic hydroxyl groups is 1. The molecule has 7 atom stereocenters. The maximum atomic E-state index is 14.5. The number of carbonyl (C=O) groups excluding carboxylic acids is 3. The Kier molecular flexibility index (Phi) is 8.21. The average molecular weight is 507 g/mol. The lowest BCUT2D eigenvalue weighted by atomic mass is 9.71. The molecule has 2 bridgehead atoms. The van der Waals surface area contributed by atoms with Crippen LogP contribution in [-0.4, -0.2) is 80.6 Å². The van der Waals surface area contributed by atoms with Gasteiger partial charge in [0.15, 0.2) is 0 Å². The molecule has 8 heteroatoms. The lowest BCUT2D eigenvalue weighted by Crippen LogP contribution is -2.60. The topological polar surface area (TPSA) is 87.2 Å². The highest BCUT2D eigenvalue weighted by Gasteiger charge is 2.75. The van der Waals surface area contributed by atoms with Gasteiger partial charge >= 0.3 is 5.97 Å². The van der Waals surface area contributed by atoms with Gasteiger partial charge in [-0.25, -0.2) is 0 Å². The number of aliphatic hydroxyl groups excluding tert-OH is 1. The van der Waals surface area contributed by atoms with Gasteiger partial charge in [-0.05, 0) is 38.5 Å². The SMILES string of the molecule is C=CCN(C(=O)C1N([C@@H](CO)[C@@H](C)CC)C(=O)[C@@H]2[C@H](C(=O)OCC)[C@@H]3CCC12S3)C1CCCCC1. The number of esters is 1. The molecule has 7 nitrogen and oxygen atoms in total. The fraction of sp³-hybridized carbons (Fsp3) is 0.815. The van der Waals surface area contributed by atoms with Gasteiger partial charge in [-0.1, -0.05) is 45.6 Å². The number of ether oxygens (including phenoxy) is 1. The zero-order valence-corrected chi connectivity index (χ0v) is 22.3. The second-order valence-electron chi connectivity index (χ2n) is 10.8. The number of rotatable bonds is 10. The van der Waals surface area contributed by atoms with Crippen LogP contribution in [0.2, 0.25) is 0 Å². The Hall–Kier alpha value is -1.54. The monoisotopic (exact) mass is 506 g/mol. The van der Waals surface area contributed by atoms with Crippen molar-refractivity contribution in [2.75, 3.05) is 19.8 Å². The molecule has 2 unspecified atom stereocenters. The van der Waals surface area contributed by atoms with E-state index in [-0.39, 0.29) is 48.2 Å². The zero-order valence-electron chi connectivity index (χ0n) is 21.5. The lowest BCUT2D eigenvalue weighted by Gasteiger charge is -2.43. The highest BCUT2D eigenvalue weighted by atomic mass is 32.2. The molecule has 4 fully saturated rings. The molecule has 35 heavy (non-hydrogen) atoms. The molecule has 0 aromatic carbocycles. The third kappa shape index (κ3) is 4.32. The second-order valence-corrected chi connectivity index (χ2v) is 12.4. The second kappa shape index (κ2) is 10.8. The van der Waals surface area contributed by atoms with E-state index in [1.54, 1.807) is 29.7 Å². The van der Waals surface area contributed by atoms with Gasteiger partial charge in [0.1, 0.15) is 6.04 Å². The van der Waals surface area contributed by atoms with Gasteiger partial charge in [0.25, 0.3) is 0 Å². The Morgan fingerprint density at radius 3 is 2.60 bits per heavy atom. The van der Waals surface area contributed by atoms with Crippen LogP contribution in [0.25, 0.3) is 0 Å². The number of likely N-dealkylation sites (tertiary alicyclic amines) is 1. The van der Waals surface area contributed by atoms with Crippen LogP contribution in [0.4, 0.5) is 0 Å². The number of carbonyl (C=O) groups is 3. The minimum absolute atomic E-state index is 0.000778. The minimum Gasteiger partial charge on any atom is -0.466 e. The number of thioether (sulfide) groups is 1. The molecule has 1 spiro atoms. The Morgan fingerprint density at radius 2 is 2.00 bits per heavy atom. The Balaban J connectivity index is 1.78. The first-order valence-electron chi connectivity index (χ1n) is 13.5. The summed E-state index contributed by atoms with van der Waals surface area (Å²) in [7, 11) is 0. The summed E-state index contributed by atoms with van der Waals surface area (Å²) in [6, 6.07) is -0.995. The quantitative estimate of drug-likeness (QED) is 0.361. The molecule has 3 saturated heterocycles. The summed E-state index contributed by atoms with van der Waals surface area (Å²) in [5.41, 5.74) is 0. The summed E-state index contributed by atoms with van der Waals surface area (Å²) < 4.78 is 4.77. The normalized spacial score (nSPS) is 33.9. The summed E-state index contributed by atoms with van der Waals surface area (Å²) in [5, 5.41) is 10.5. The van der Waals surface area contributed by atoms with E-state index in [1.807, 2.05) is 18.7 Å². The standard InChI is InChI=1S/C27H42N2O5S/c1-5-15-28(18-11-9-8-10-12-18)25(32)23-27-14-13-20(35-27)21(26(33)34-7-3)22(27)24(31)29(23)19(16-30)17(4)6-2/h5,17-23,30H,1,6-16H2,2-4H3/t17-,19-,20-,21+,22-,23?,27?/m0/s1. The van der Waals surface area contributed by atoms with Crippen molar-refractivity contribution >= 4 is 29.5 Å². The maximum absolute atomic E-state index is 14.5. The van der Waals surface area contributed by atoms with Gasteiger partial charge in [-0.3, -0.25) is 14.4 Å². The largest absolute Gasteiger partial charge is 0.466 e. The summed E-state index contributed by atoms with van der Waals surface area (Å²) in [6.07, 6.45) is 9.40. The fourth-order valence-corrected chi connectivity index (χ4v) is 9.34. The van der Waals surface area contributed by atoms with Gasteiger partial charge < -0.3 is 19.6 Å². The molecular formula is C27H42N2O5S. The van der Waals surface area contributed by atoms with E-state index in [2.05, 4.69) is 6.58 Å². The number of hydrogen-bond donors (Lipinski definition) is 1. The van der Waals surface area contributed by atoms with Crippen molar-refractivity contribution in [3.63, 3.8) is 0 Å². The molecule has 1 saturated carbocycles. The van der Waals surface area contributed by atoms with E-state index in [9.17, 15) is 19.5 Å². The Morgan fingerprint density at radius 1 is 1.29 bits per heavy atom. The Bertz CT molecular complexity index is 830. The predicted molar refractivity (Wildman–Crippen MR) is 137 cm³/mol. The molecule has 3 aliphatic heterocycles. The molecular weight excluding hydrogens is 464 g/mol. The molecule has 0 aromatic rings. The first-order chi connectivity index (χ1) is 16.9. The van der Waals surface area contributed by atoms with E-state index in [4.69, 9.17) is 4.74 Å². The predicted octanol–water partition coefficient (Wildman–Crippen LogP) is 3.40. The smallest absolute Gasteiger partial charge is 0.310 e. The highest BCUT2D eigenvalue weighted by molar-refractivity contribution is 8.02. The van der Waals surface area contributed by atoms with E-state index in [0.29, 0.717) is 6.54 Å². The maximum Gasteiger partial charge on any atom is 0.310 e. The van der Waals surface area contributed by atoms with Crippen LogP contribution in [0, 0.1) is 17.8 Å². The van der Waals surface area contributed by atoms with Gasteiger partial charge in [0.2, 0.25) is 11.8 Å². The van der Waals surface area contributed by atoms with E-state index in [0.717, 1.165) is 44.9 Å². The van der Waals surface area contributed by atoms with Gasteiger partial charge in [0.05, 0.1) is 35.8 Å². The summed E-state index contributed by atoms with van der Waals surface area (Å²) >= 11 is 1.67. The van der Waals surface area contributed by atoms with Crippen molar-refractivity contribution in [2.45, 2.75) is 100 Å². The van der Waals surface area contributed by atoms with Crippen LogP contribution in [0.1, 0.15) is 72.1 Å². The van der Waals surface area contributed by atoms with Crippen LogP contribution in [0.3, 0.4) is 0 Å². The molecule has 2 amide bonds. The molecule has 3 heterocycles. The van der Waals surface area contributed by atoms with Crippen LogP contribution < -0.4 is 0 Å². The third-order valence-corrected chi connectivity index (χ3v) is 11.0. The van der Waals surface area contributed by atoms with E-state index in [1.165, 1.54) is 6.42 Å². The summed E-state index contributed by atoms with van der Waals surface area (Å²) in [6.45, 7) is 10.3. The van der Waals surface area contributed by atoms with Crippen molar-refractivity contribution in [1.29, 1.82) is 0 Å². The minimum atomic E-state index is -0.678.